The molecule has 90 valence electrons. The van der Waals surface area contributed by atoms with Crippen molar-refractivity contribution in [3.8, 4) is 0 Å². The van der Waals surface area contributed by atoms with Gasteiger partial charge in [-0.1, -0.05) is 27.7 Å². The van der Waals surface area contributed by atoms with E-state index in [1.54, 1.807) is 0 Å². The normalized spacial score (nSPS) is 34.8. The Bertz CT molecular complexity index is 214. The third-order valence-corrected chi connectivity index (χ3v) is 4.71. The molecule has 0 aromatic rings. The highest BCUT2D eigenvalue weighted by Gasteiger charge is 2.42. The van der Waals surface area contributed by atoms with E-state index in [4.69, 9.17) is 0 Å². The van der Waals surface area contributed by atoms with Gasteiger partial charge in [0.1, 0.15) is 0 Å². The van der Waals surface area contributed by atoms with Crippen molar-refractivity contribution in [1.82, 2.24) is 4.90 Å². The molecule has 0 aromatic heterocycles. The minimum atomic E-state index is 0.435. The summed E-state index contributed by atoms with van der Waals surface area (Å²) < 4.78 is 0. The topological polar surface area (TPSA) is 3.24 Å². The van der Waals surface area contributed by atoms with Gasteiger partial charge < -0.3 is 0 Å². The van der Waals surface area contributed by atoms with Crippen LogP contribution in [0.3, 0.4) is 0 Å². The molecule has 0 N–H and O–H groups in total. The second-order valence-electron chi connectivity index (χ2n) is 6.95. The molecule has 0 spiro atoms. The molecule has 1 aliphatic heterocycles. The second-order valence-corrected chi connectivity index (χ2v) is 6.95. The zero-order valence-corrected chi connectivity index (χ0v) is 11.7. The number of nitrogens with zero attached hydrogens (tertiary/aromatic N) is 1. The van der Waals surface area contributed by atoms with Gasteiger partial charge in [-0.15, -0.1) is 0 Å². The lowest BCUT2D eigenvalue weighted by Gasteiger charge is -2.51. The van der Waals surface area contributed by atoms with Crippen LogP contribution < -0.4 is 0 Å². The first kappa shape index (κ1) is 13.0. The Morgan fingerprint density at radius 1 is 1.27 bits per heavy atom. The molecule has 1 heterocycles. The molecule has 2 atom stereocenters. The van der Waals surface area contributed by atoms with E-state index in [9.17, 15) is 0 Å². The first-order valence-corrected chi connectivity index (χ1v) is 6.43. The molecular weight excluding hydrogens is 182 g/mol. The van der Waals surface area contributed by atoms with Gasteiger partial charge in [0.05, 0.1) is 0 Å². The molecule has 0 aromatic carbocycles. The van der Waals surface area contributed by atoms with Gasteiger partial charge in [0.15, 0.2) is 0 Å². The van der Waals surface area contributed by atoms with Crippen LogP contribution in [-0.4, -0.2) is 23.5 Å². The Hall–Kier alpha value is -0.0400. The Morgan fingerprint density at radius 2 is 1.80 bits per heavy atom. The Balaban J connectivity index is 2.73. The molecule has 1 nitrogen and oxygen atoms in total. The van der Waals surface area contributed by atoms with Crippen LogP contribution in [0.2, 0.25) is 0 Å². The molecule has 0 amide bonds. The van der Waals surface area contributed by atoms with Crippen molar-refractivity contribution in [1.29, 1.82) is 0 Å². The smallest absolute Gasteiger partial charge is 0.00750 e. The number of piperidine rings is 1. The van der Waals surface area contributed by atoms with Crippen molar-refractivity contribution in [2.24, 2.45) is 10.8 Å². The summed E-state index contributed by atoms with van der Waals surface area (Å²) in [6, 6.07) is 1.44. The minimum absolute atomic E-state index is 0.435. The number of hydrogen-bond acceptors (Lipinski definition) is 1. The first-order valence-electron chi connectivity index (χ1n) is 6.43. The van der Waals surface area contributed by atoms with E-state index in [-0.39, 0.29) is 0 Å². The maximum absolute atomic E-state index is 2.65. The van der Waals surface area contributed by atoms with Crippen LogP contribution in [0.1, 0.15) is 61.3 Å². The third-order valence-electron chi connectivity index (χ3n) is 4.71. The predicted molar refractivity (Wildman–Crippen MR) is 68.1 cm³/mol. The van der Waals surface area contributed by atoms with Gasteiger partial charge in [-0.25, -0.2) is 0 Å². The highest BCUT2D eigenvalue weighted by Crippen LogP contribution is 2.48. The van der Waals surface area contributed by atoms with Crippen LogP contribution in [0.4, 0.5) is 0 Å². The summed E-state index contributed by atoms with van der Waals surface area (Å²) in [6.07, 6.45) is 2.69. The van der Waals surface area contributed by atoms with Crippen molar-refractivity contribution >= 4 is 0 Å². The van der Waals surface area contributed by atoms with Crippen LogP contribution in [-0.2, 0) is 0 Å². The van der Waals surface area contributed by atoms with Crippen molar-refractivity contribution in [3.05, 3.63) is 0 Å². The molecular formula is C14H29N. The van der Waals surface area contributed by atoms with E-state index in [0.29, 0.717) is 16.9 Å². The molecule has 1 fully saturated rings. The fraction of sp³-hybridized carbons (Fsp3) is 1.00. The SMILES string of the molecule is CC(C)N1CC[C@](C)(C(C)(C)C)C[C@@H]1C. The quantitative estimate of drug-likeness (QED) is 0.635. The van der Waals surface area contributed by atoms with Gasteiger partial charge in [0.2, 0.25) is 0 Å². The molecule has 0 aliphatic carbocycles. The van der Waals surface area contributed by atoms with Crippen LogP contribution in [0.5, 0.6) is 0 Å². The minimum Gasteiger partial charge on any atom is -0.298 e. The zero-order valence-electron chi connectivity index (χ0n) is 11.7. The lowest BCUT2D eigenvalue weighted by molar-refractivity contribution is -0.0186. The maximum atomic E-state index is 2.65. The largest absolute Gasteiger partial charge is 0.298 e. The Morgan fingerprint density at radius 3 is 2.13 bits per heavy atom. The summed E-state index contributed by atoms with van der Waals surface area (Å²) in [4.78, 5) is 2.65. The fourth-order valence-electron chi connectivity index (χ4n) is 2.92. The van der Waals surface area contributed by atoms with Gasteiger partial charge in [0.25, 0.3) is 0 Å². The first-order chi connectivity index (χ1) is 6.67. The molecule has 0 radical (unpaired) electrons. The van der Waals surface area contributed by atoms with Crippen molar-refractivity contribution < 1.29 is 0 Å². The van der Waals surface area contributed by atoms with E-state index in [1.165, 1.54) is 19.4 Å². The van der Waals surface area contributed by atoms with Gasteiger partial charge in [-0.2, -0.15) is 0 Å². The van der Waals surface area contributed by atoms with Crippen LogP contribution in [0.15, 0.2) is 0 Å². The van der Waals surface area contributed by atoms with Gasteiger partial charge >= 0.3 is 0 Å². The molecule has 1 rings (SSSR count). The molecule has 0 unspecified atom stereocenters. The monoisotopic (exact) mass is 211 g/mol. The highest BCUT2D eigenvalue weighted by molar-refractivity contribution is 4.94. The summed E-state index contributed by atoms with van der Waals surface area (Å²) in [6.45, 7) is 17.9. The second kappa shape index (κ2) is 4.08. The number of rotatable bonds is 1. The van der Waals surface area contributed by atoms with E-state index < -0.39 is 0 Å². The van der Waals surface area contributed by atoms with Gasteiger partial charge in [0, 0.05) is 12.1 Å². The Labute approximate surface area is 96.2 Å². The molecule has 1 aliphatic rings. The molecule has 0 bridgehead atoms. The van der Waals surface area contributed by atoms with Crippen molar-refractivity contribution in [2.75, 3.05) is 6.54 Å². The van der Waals surface area contributed by atoms with Crippen LogP contribution in [0.25, 0.3) is 0 Å². The van der Waals surface area contributed by atoms with Crippen LogP contribution >= 0.6 is 0 Å². The molecule has 1 heteroatoms. The predicted octanol–water partition coefficient (Wildman–Crippen LogP) is 3.93. The summed E-state index contributed by atoms with van der Waals surface area (Å²) in [7, 11) is 0. The summed E-state index contributed by atoms with van der Waals surface area (Å²) in [5, 5.41) is 0. The zero-order chi connectivity index (χ0) is 11.9. The third kappa shape index (κ3) is 2.55. The number of hydrogen-bond donors (Lipinski definition) is 0. The number of likely N-dealkylation sites (tertiary alicyclic amines) is 1. The summed E-state index contributed by atoms with van der Waals surface area (Å²) in [5.74, 6) is 0. The Kier molecular flexibility index (Phi) is 3.55. The molecule has 0 saturated carbocycles. The van der Waals surface area contributed by atoms with Gasteiger partial charge in [-0.05, 0) is 51.0 Å². The van der Waals surface area contributed by atoms with E-state index in [2.05, 4.69) is 53.4 Å². The lowest BCUT2D eigenvalue weighted by Crippen LogP contribution is -2.51. The van der Waals surface area contributed by atoms with E-state index in [0.717, 1.165) is 6.04 Å². The van der Waals surface area contributed by atoms with E-state index in [1.807, 2.05) is 0 Å². The average Bonchev–Trinajstić information content (AvgIpc) is 2.00. The molecule has 15 heavy (non-hydrogen) atoms. The van der Waals surface area contributed by atoms with Crippen molar-refractivity contribution in [2.45, 2.75) is 73.4 Å². The summed E-state index contributed by atoms with van der Waals surface area (Å²) in [5.41, 5.74) is 0.947. The average molecular weight is 211 g/mol. The molecule has 1 saturated heterocycles. The lowest BCUT2D eigenvalue weighted by atomic mass is 9.61. The highest BCUT2D eigenvalue weighted by atomic mass is 15.2. The summed E-state index contributed by atoms with van der Waals surface area (Å²) >= 11 is 0. The maximum Gasteiger partial charge on any atom is 0.00750 e. The standard InChI is InChI=1S/C14H29N/c1-11(2)15-9-8-14(7,10-12(15)3)13(4,5)6/h11-12H,8-10H2,1-7H3/t12-,14-/m0/s1. The van der Waals surface area contributed by atoms with Crippen LogP contribution in [0, 0.1) is 10.8 Å². The van der Waals surface area contributed by atoms with Crippen molar-refractivity contribution in [3.63, 3.8) is 0 Å². The van der Waals surface area contributed by atoms with Gasteiger partial charge in [-0.3, -0.25) is 4.90 Å². The fourth-order valence-corrected chi connectivity index (χ4v) is 2.92. The van der Waals surface area contributed by atoms with E-state index >= 15 is 0 Å².